The number of esters is 2. The molecule has 0 aliphatic heterocycles. The highest BCUT2D eigenvalue weighted by atomic mass is 32.2. The van der Waals surface area contributed by atoms with Gasteiger partial charge in [-0.3, -0.25) is 9.59 Å². The van der Waals surface area contributed by atoms with Gasteiger partial charge in [0.05, 0.1) is 48.1 Å². The monoisotopic (exact) mass is 726 g/mol. The molecule has 0 bridgehead atoms. The van der Waals surface area contributed by atoms with Crippen molar-refractivity contribution in [2.24, 2.45) is 0 Å². The average molecular weight is 727 g/mol. The Hall–Kier alpha value is -3.26. The molecule has 0 saturated carbocycles. The second-order valence-corrected chi connectivity index (χ2v) is 14.4. The van der Waals surface area contributed by atoms with Crippen molar-refractivity contribution in [3.63, 3.8) is 0 Å². The van der Waals surface area contributed by atoms with E-state index in [1.165, 1.54) is 12.2 Å². The minimum atomic E-state index is -0.472. The number of benzene rings is 3. The summed E-state index contributed by atoms with van der Waals surface area (Å²) in [6, 6.07) is 21.9. The summed E-state index contributed by atoms with van der Waals surface area (Å²) in [5.74, 6) is -0.943. The third-order valence-corrected chi connectivity index (χ3v) is 9.98. The molecule has 0 spiro atoms. The van der Waals surface area contributed by atoms with Crippen LogP contribution in [0.1, 0.15) is 31.8 Å². The van der Waals surface area contributed by atoms with Crippen LogP contribution in [0.4, 0.5) is 0 Å². The molecule has 0 heterocycles. The van der Waals surface area contributed by atoms with Gasteiger partial charge in [0.15, 0.2) is 0 Å². The van der Waals surface area contributed by atoms with Gasteiger partial charge in [-0.2, -0.15) is 0 Å². The summed E-state index contributed by atoms with van der Waals surface area (Å²) < 4.78 is 22.8. The second kappa shape index (κ2) is 21.7. The Balaban J connectivity index is 1.49. The maximum atomic E-state index is 12.5. The van der Waals surface area contributed by atoms with Gasteiger partial charge in [0.1, 0.15) is 13.2 Å². The van der Waals surface area contributed by atoms with Gasteiger partial charge in [-0.1, -0.05) is 60.9 Å². The van der Waals surface area contributed by atoms with E-state index in [0.717, 1.165) is 44.4 Å². The molecule has 8 nitrogen and oxygen atoms in total. The molecular formula is C36H38O8S4. The van der Waals surface area contributed by atoms with Crippen molar-refractivity contribution in [3.05, 3.63) is 120 Å². The second-order valence-electron chi connectivity index (χ2n) is 10.0. The van der Waals surface area contributed by atoms with Gasteiger partial charge in [-0.25, -0.2) is 9.59 Å². The van der Waals surface area contributed by atoms with Crippen LogP contribution in [-0.4, -0.2) is 71.6 Å². The maximum absolute atomic E-state index is 12.5. The first-order valence-electron chi connectivity index (χ1n) is 14.8. The lowest BCUT2D eigenvalue weighted by Crippen LogP contribution is -2.23. The van der Waals surface area contributed by atoms with E-state index in [-0.39, 0.29) is 49.9 Å². The largest absolute Gasteiger partial charge is 0.461 e. The zero-order valence-electron chi connectivity index (χ0n) is 26.8. The SMILES string of the molecule is C=CC(=O)SC(COCc1cccc(COCC(COC(=O)c2ccc(SC)cc2)SC(=O)C=C)c1)COC(=O)c1ccc(SC)cc1. The number of carbonyl (C=O) groups excluding carboxylic acids is 4. The molecule has 254 valence electrons. The fourth-order valence-corrected chi connectivity index (χ4v) is 6.31. The molecule has 0 saturated heterocycles. The standard InChI is InChI=1S/C36H38O8S4/c1-5-33(37)47-31(23-43-35(39)27-10-14-29(45-3)15-11-27)21-41-19-25-8-7-9-26(18-25)20-42-22-32(48-34(38)6-2)24-44-36(40)28-12-16-30(46-4)17-13-28/h5-18,31-32H,1-2,19-24H2,3-4H3. The molecule has 0 N–H and O–H groups in total. The predicted molar refractivity (Wildman–Crippen MR) is 196 cm³/mol. The highest BCUT2D eigenvalue weighted by molar-refractivity contribution is 8.14. The summed E-state index contributed by atoms with van der Waals surface area (Å²) >= 11 is 5.17. The molecule has 2 atom stereocenters. The smallest absolute Gasteiger partial charge is 0.338 e. The molecule has 3 rings (SSSR count). The normalized spacial score (nSPS) is 12.0. The summed E-state index contributed by atoms with van der Waals surface area (Å²) in [6.07, 6.45) is 6.35. The van der Waals surface area contributed by atoms with Crippen molar-refractivity contribution in [2.45, 2.75) is 33.5 Å². The van der Waals surface area contributed by atoms with Crippen molar-refractivity contribution in [3.8, 4) is 0 Å². The Kier molecular flexibility index (Phi) is 17.7. The first-order chi connectivity index (χ1) is 23.2. The Labute approximate surface area is 298 Å². The minimum Gasteiger partial charge on any atom is -0.461 e. The maximum Gasteiger partial charge on any atom is 0.338 e. The van der Waals surface area contributed by atoms with E-state index in [9.17, 15) is 19.2 Å². The van der Waals surface area contributed by atoms with Crippen LogP contribution in [0.2, 0.25) is 0 Å². The molecule has 0 aliphatic rings. The predicted octanol–water partition coefficient (Wildman–Crippen LogP) is 7.51. The number of rotatable bonds is 20. The number of hydrogen-bond donors (Lipinski definition) is 0. The van der Waals surface area contributed by atoms with E-state index < -0.39 is 22.4 Å². The number of thioether (sulfide) groups is 4. The number of ether oxygens (including phenoxy) is 4. The van der Waals surface area contributed by atoms with Gasteiger partial charge >= 0.3 is 11.9 Å². The van der Waals surface area contributed by atoms with Crippen molar-refractivity contribution in [2.75, 3.05) is 38.9 Å². The molecular weight excluding hydrogens is 689 g/mol. The molecule has 0 aromatic heterocycles. The van der Waals surface area contributed by atoms with Gasteiger partial charge in [0.2, 0.25) is 10.2 Å². The van der Waals surface area contributed by atoms with Crippen LogP contribution < -0.4 is 0 Å². The molecule has 3 aromatic carbocycles. The topological polar surface area (TPSA) is 105 Å². The highest BCUT2D eigenvalue weighted by Crippen LogP contribution is 2.20. The summed E-state index contributed by atoms with van der Waals surface area (Å²) in [7, 11) is 0. The Bertz CT molecular complexity index is 1410. The van der Waals surface area contributed by atoms with Gasteiger partial charge in [0.25, 0.3) is 0 Å². The molecule has 0 radical (unpaired) electrons. The van der Waals surface area contributed by atoms with Gasteiger partial charge in [-0.05, 0) is 84.3 Å². The molecule has 0 aliphatic carbocycles. The van der Waals surface area contributed by atoms with Crippen LogP contribution in [0, 0.1) is 0 Å². The number of hydrogen-bond acceptors (Lipinski definition) is 12. The van der Waals surface area contributed by atoms with E-state index >= 15 is 0 Å². The third kappa shape index (κ3) is 14.1. The van der Waals surface area contributed by atoms with E-state index in [2.05, 4.69) is 13.2 Å². The van der Waals surface area contributed by atoms with Crippen molar-refractivity contribution >= 4 is 69.2 Å². The van der Waals surface area contributed by atoms with Crippen LogP contribution >= 0.6 is 47.0 Å². The zero-order chi connectivity index (χ0) is 34.7. The lowest BCUT2D eigenvalue weighted by Gasteiger charge is -2.17. The van der Waals surface area contributed by atoms with E-state index in [0.29, 0.717) is 11.1 Å². The first kappa shape index (κ1) is 39.2. The fourth-order valence-electron chi connectivity index (χ4n) is 4.04. The lowest BCUT2D eigenvalue weighted by molar-refractivity contribution is -0.107. The summed E-state index contributed by atoms with van der Waals surface area (Å²) in [6.45, 7) is 7.89. The van der Waals surface area contributed by atoms with Gasteiger partial charge in [0, 0.05) is 9.79 Å². The average Bonchev–Trinajstić information content (AvgIpc) is 3.12. The molecule has 12 heteroatoms. The Morgan fingerprint density at radius 2 is 1.02 bits per heavy atom. The van der Waals surface area contributed by atoms with Crippen molar-refractivity contribution < 1.29 is 38.1 Å². The zero-order valence-corrected chi connectivity index (χ0v) is 30.1. The summed E-state index contributed by atoms with van der Waals surface area (Å²) in [5, 5.41) is -1.33. The highest BCUT2D eigenvalue weighted by Gasteiger charge is 2.19. The van der Waals surface area contributed by atoms with Gasteiger partial charge in [-0.15, -0.1) is 23.5 Å². The van der Waals surface area contributed by atoms with Crippen LogP contribution in [0.15, 0.2) is 108 Å². The number of carbonyl (C=O) groups is 4. The third-order valence-electron chi connectivity index (χ3n) is 6.49. The lowest BCUT2D eigenvalue weighted by atomic mass is 10.1. The molecule has 48 heavy (non-hydrogen) atoms. The van der Waals surface area contributed by atoms with E-state index in [4.69, 9.17) is 18.9 Å². The molecule has 0 fully saturated rings. The summed E-state index contributed by atoms with van der Waals surface area (Å²) in [5.41, 5.74) is 2.63. The summed E-state index contributed by atoms with van der Waals surface area (Å²) in [4.78, 5) is 51.3. The van der Waals surface area contributed by atoms with E-state index in [1.807, 2.05) is 61.0 Å². The van der Waals surface area contributed by atoms with Crippen molar-refractivity contribution in [1.82, 2.24) is 0 Å². The van der Waals surface area contributed by atoms with Crippen molar-refractivity contribution in [1.29, 1.82) is 0 Å². The van der Waals surface area contributed by atoms with Crippen LogP contribution in [-0.2, 0) is 41.8 Å². The Morgan fingerprint density at radius 3 is 1.38 bits per heavy atom. The van der Waals surface area contributed by atoms with E-state index in [1.54, 1.807) is 47.8 Å². The van der Waals surface area contributed by atoms with Crippen LogP contribution in [0.5, 0.6) is 0 Å². The molecule has 0 amide bonds. The van der Waals surface area contributed by atoms with Crippen LogP contribution in [0.25, 0.3) is 0 Å². The van der Waals surface area contributed by atoms with Gasteiger partial charge < -0.3 is 18.9 Å². The molecule has 2 unspecified atom stereocenters. The quantitative estimate of drug-likeness (QED) is 0.0654. The Morgan fingerprint density at radius 1 is 0.625 bits per heavy atom. The first-order valence-corrected chi connectivity index (χ1v) is 19.0. The fraction of sp³-hybridized carbons (Fsp3) is 0.278. The van der Waals surface area contributed by atoms with Crippen LogP contribution in [0.3, 0.4) is 0 Å². The molecule has 3 aromatic rings. The minimum absolute atomic E-state index is 0.00557.